The molecule has 1 saturated heterocycles. The van der Waals surface area contributed by atoms with Crippen molar-refractivity contribution < 1.29 is 33.7 Å². The molecule has 2 atom stereocenters. The standard InChI is InChI=1S/C24H33FN4O6/c1-15(2)12-29(17-11-16(23(31)32)13-27(14-17)24(33)34)22(30)21-26-20-18(25)7-6-8-19(20)28(21)9-4-5-10-35-3/h6-8,15-17H,4-5,9-14H2,1-3H3,(H,31,32)(H,33,34)/t16-,17+/m1/s1. The van der Waals surface area contributed by atoms with E-state index in [1.165, 1.54) is 11.0 Å². The van der Waals surface area contributed by atoms with Crippen LogP contribution in [0, 0.1) is 17.7 Å². The second-order valence-corrected chi connectivity index (χ2v) is 9.36. The van der Waals surface area contributed by atoms with Crippen molar-refractivity contribution in [3.05, 3.63) is 29.8 Å². The van der Waals surface area contributed by atoms with E-state index in [1.54, 1.807) is 23.8 Å². The maximum atomic E-state index is 14.6. The molecule has 0 unspecified atom stereocenters. The third kappa shape index (κ3) is 6.08. The number of methoxy groups -OCH3 is 1. The topological polar surface area (TPSA) is 125 Å². The lowest BCUT2D eigenvalue weighted by molar-refractivity contribution is -0.144. The molecular formula is C24H33FN4O6. The number of benzene rings is 1. The number of carboxylic acid groups (broad SMARTS) is 2. The highest BCUT2D eigenvalue weighted by atomic mass is 19.1. The van der Waals surface area contributed by atoms with E-state index in [1.807, 2.05) is 13.8 Å². The molecule has 2 amide bonds. The van der Waals surface area contributed by atoms with E-state index in [0.29, 0.717) is 25.1 Å². The summed E-state index contributed by atoms with van der Waals surface area (Å²) >= 11 is 0. The number of fused-ring (bicyclic) bond motifs is 1. The van der Waals surface area contributed by atoms with Crippen LogP contribution in [0.15, 0.2) is 18.2 Å². The van der Waals surface area contributed by atoms with Crippen LogP contribution < -0.4 is 0 Å². The Morgan fingerprint density at radius 1 is 1.23 bits per heavy atom. The average Bonchev–Trinajstić information content (AvgIpc) is 3.19. The van der Waals surface area contributed by atoms with Crippen LogP contribution in [0.1, 0.15) is 43.7 Å². The Morgan fingerprint density at radius 3 is 2.60 bits per heavy atom. The largest absolute Gasteiger partial charge is 0.481 e. The SMILES string of the molecule is COCCCCn1c(C(=O)N(CC(C)C)[C@H]2C[C@@H](C(=O)O)CN(C(=O)O)C2)nc2c(F)cccc21. The van der Waals surface area contributed by atoms with Gasteiger partial charge >= 0.3 is 12.1 Å². The van der Waals surface area contributed by atoms with E-state index in [-0.39, 0.29) is 43.3 Å². The lowest BCUT2D eigenvalue weighted by atomic mass is 9.92. The molecule has 2 aromatic rings. The Morgan fingerprint density at radius 2 is 1.97 bits per heavy atom. The van der Waals surface area contributed by atoms with Gasteiger partial charge in [-0.1, -0.05) is 19.9 Å². The summed E-state index contributed by atoms with van der Waals surface area (Å²) in [5.41, 5.74) is 0.584. The fraction of sp³-hybridized carbons (Fsp3) is 0.583. The second-order valence-electron chi connectivity index (χ2n) is 9.36. The minimum absolute atomic E-state index is 0.00000169. The Kier molecular flexibility index (Phi) is 8.66. The Hall–Kier alpha value is -3.21. The van der Waals surface area contributed by atoms with Crippen LogP contribution in [0.25, 0.3) is 11.0 Å². The highest BCUT2D eigenvalue weighted by molar-refractivity contribution is 5.95. The summed E-state index contributed by atoms with van der Waals surface area (Å²) < 4.78 is 21.4. The highest BCUT2D eigenvalue weighted by Crippen LogP contribution is 2.26. The fourth-order valence-electron chi connectivity index (χ4n) is 4.57. The zero-order chi connectivity index (χ0) is 25.7. The molecule has 11 heteroatoms. The Labute approximate surface area is 203 Å². The van der Waals surface area contributed by atoms with Crippen molar-refractivity contribution in [1.29, 1.82) is 0 Å². The van der Waals surface area contributed by atoms with E-state index in [9.17, 15) is 29.0 Å². The van der Waals surface area contributed by atoms with Crippen molar-refractivity contribution in [3.8, 4) is 0 Å². The van der Waals surface area contributed by atoms with Crippen molar-refractivity contribution in [1.82, 2.24) is 19.4 Å². The molecule has 3 rings (SSSR count). The number of hydrogen-bond donors (Lipinski definition) is 2. The number of unbranched alkanes of at least 4 members (excludes halogenated alkanes) is 1. The van der Waals surface area contributed by atoms with Gasteiger partial charge < -0.3 is 29.3 Å². The van der Waals surface area contributed by atoms with Crippen LogP contribution in [0.2, 0.25) is 0 Å². The molecule has 0 bridgehead atoms. The van der Waals surface area contributed by atoms with Gasteiger partial charge in [0.2, 0.25) is 0 Å². The molecule has 1 aliphatic heterocycles. The van der Waals surface area contributed by atoms with Crippen molar-refractivity contribution >= 4 is 29.0 Å². The van der Waals surface area contributed by atoms with Crippen molar-refractivity contribution in [3.63, 3.8) is 0 Å². The van der Waals surface area contributed by atoms with Gasteiger partial charge in [0.1, 0.15) is 5.52 Å². The number of amides is 2. The van der Waals surface area contributed by atoms with Gasteiger partial charge in [-0.2, -0.15) is 0 Å². The minimum Gasteiger partial charge on any atom is -0.481 e. The number of piperidine rings is 1. The minimum atomic E-state index is -1.23. The number of carbonyl (C=O) groups is 3. The van der Waals surface area contributed by atoms with Crippen molar-refractivity contribution in [2.45, 2.75) is 45.7 Å². The van der Waals surface area contributed by atoms with Crippen LogP contribution in [0.5, 0.6) is 0 Å². The number of nitrogens with zero attached hydrogens (tertiary/aromatic N) is 4. The zero-order valence-electron chi connectivity index (χ0n) is 20.3. The van der Waals surface area contributed by atoms with Gasteiger partial charge in [0.15, 0.2) is 11.6 Å². The quantitative estimate of drug-likeness (QED) is 0.488. The van der Waals surface area contributed by atoms with Gasteiger partial charge in [-0.15, -0.1) is 0 Å². The highest BCUT2D eigenvalue weighted by Gasteiger charge is 2.39. The number of aromatic nitrogens is 2. The summed E-state index contributed by atoms with van der Waals surface area (Å²) in [4.78, 5) is 44.3. The number of aliphatic carboxylic acids is 1. The predicted octanol–water partition coefficient (Wildman–Crippen LogP) is 3.15. The fourth-order valence-corrected chi connectivity index (χ4v) is 4.57. The number of ether oxygens (including phenoxy) is 1. The molecule has 0 radical (unpaired) electrons. The van der Waals surface area contributed by atoms with Crippen LogP contribution in [-0.2, 0) is 16.1 Å². The maximum absolute atomic E-state index is 14.6. The van der Waals surface area contributed by atoms with E-state index in [0.717, 1.165) is 11.3 Å². The molecule has 1 fully saturated rings. The van der Waals surface area contributed by atoms with Gasteiger partial charge in [0, 0.05) is 39.9 Å². The molecule has 1 aromatic carbocycles. The maximum Gasteiger partial charge on any atom is 0.407 e. The number of rotatable bonds is 10. The lowest BCUT2D eigenvalue weighted by Gasteiger charge is -2.41. The van der Waals surface area contributed by atoms with E-state index in [4.69, 9.17) is 4.74 Å². The molecule has 1 aromatic heterocycles. The van der Waals surface area contributed by atoms with E-state index < -0.39 is 35.7 Å². The Bertz CT molecular complexity index is 1050. The van der Waals surface area contributed by atoms with Gasteiger partial charge in [0.05, 0.1) is 17.5 Å². The zero-order valence-corrected chi connectivity index (χ0v) is 20.3. The molecule has 0 saturated carbocycles. The van der Waals surface area contributed by atoms with Gasteiger partial charge in [-0.25, -0.2) is 14.2 Å². The molecule has 2 heterocycles. The first-order valence-corrected chi connectivity index (χ1v) is 11.8. The third-order valence-electron chi connectivity index (χ3n) is 6.21. The number of aryl methyl sites for hydroxylation is 1. The van der Waals surface area contributed by atoms with Crippen molar-refractivity contribution in [2.75, 3.05) is 33.4 Å². The van der Waals surface area contributed by atoms with Crippen molar-refractivity contribution in [2.24, 2.45) is 11.8 Å². The molecule has 35 heavy (non-hydrogen) atoms. The molecule has 1 aliphatic rings. The van der Waals surface area contributed by atoms with Crippen LogP contribution in [0.3, 0.4) is 0 Å². The number of imidazole rings is 1. The molecule has 2 N–H and O–H groups in total. The van der Waals surface area contributed by atoms with Gasteiger partial charge in [-0.3, -0.25) is 9.59 Å². The average molecular weight is 493 g/mol. The smallest absolute Gasteiger partial charge is 0.407 e. The van der Waals surface area contributed by atoms with E-state index >= 15 is 0 Å². The lowest BCUT2D eigenvalue weighted by Crippen LogP contribution is -2.56. The van der Waals surface area contributed by atoms with Gasteiger partial charge in [0.25, 0.3) is 5.91 Å². The second kappa shape index (κ2) is 11.5. The number of carbonyl (C=O) groups excluding carboxylic acids is 1. The summed E-state index contributed by atoms with van der Waals surface area (Å²) in [6.45, 7) is 4.95. The van der Waals surface area contributed by atoms with Gasteiger partial charge in [-0.05, 0) is 37.3 Å². The molecular weight excluding hydrogens is 459 g/mol. The summed E-state index contributed by atoms with van der Waals surface area (Å²) in [5.74, 6) is -2.96. The summed E-state index contributed by atoms with van der Waals surface area (Å²) in [6.07, 6.45) is 0.313. The summed E-state index contributed by atoms with van der Waals surface area (Å²) in [5, 5.41) is 19.1. The Balaban J connectivity index is 2.01. The normalized spacial score (nSPS) is 18.3. The van der Waals surface area contributed by atoms with Crippen LogP contribution >= 0.6 is 0 Å². The molecule has 10 nitrogen and oxygen atoms in total. The predicted molar refractivity (Wildman–Crippen MR) is 126 cm³/mol. The van der Waals surface area contributed by atoms with E-state index in [2.05, 4.69) is 4.98 Å². The number of halogens is 1. The molecule has 0 aliphatic carbocycles. The third-order valence-corrected chi connectivity index (χ3v) is 6.21. The molecule has 192 valence electrons. The number of likely N-dealkylation sites (tertiary alicyclic amines) is 1. The number of hydrogen-bond acceptors (Lipinski definition) is 5. The first-order valence-electron chi connectivity index (χ1n) is 11.8. The summed E-state index contributed by atoms with van der Waals surface area (Å²) in [6, 6.07) is 3.91. The molecule has 0 spiro atoms. The summed E-state index contributed by atoms with van der Waals surface area (Å²) in [7, 11) is 1.61. The van der Waals surface area contributed by atoms with Crippen LogP contribution in [0.4, 0.5) is 9.18 Å². The first-order chi connectivity index (χ1) is 16.6. The monoisotopic (exact) mass is 492 g/mol. The van der Waals surface area contributed by atoms with Crippen LogP contribution in [-0.4, -0.2) is 86.9 Å². The number of para-hydroxylation sites is 1. The number of carboxylic acids is 1. The first kappa shape index (κ1) is 26.4.